The topological polar surface area (TPSA) is 42.7 Å². The fourth-order valence-electron chi connectivity index (χ4n) is 1.93. The van der Waals surface area contributed by atoms with E-state index in [2.05, 4.69) is 54.4 Å². The van der Waals surface area contributed by atoms with Gasteiger partial charge in [-0.15, -0.1) is 0 Å². The summed E-state index contributed by atoms with van der Waals surface area (Å²) in [5.74, 6) is 0.984. The molecule has 1 aromatic carbocycles. The predicted molar refractivity (Wildman–Crippen MR) is 72.4 cm³/mol. The summed E-state index contributed by atoms with van der Waals surface area (Å²) in [7, 11) is 0. The van der Waals surface area contributed by atoms with Crippen molar-refractivity contribution in [1.29, 1.82) is 0 Å². The van der Waals surface area contributed by atoms with E-state index in [1.807, 2.05) is 4.68 Å². The van der Waals surface area contributed by atoms with E-state index in [9.17, 15) is 0 Å². The van der Waals surface area contributed by atoms with E-state index in [1.165, 1.54) is 16.7 Å². The molecule has 0 fully saturated rings. The lowest BCUT2D eigenvalue weighted by Crippen LogP contribution is -2.17. The first-order valence-corrected chi connectivity index (χ1v) is 6.34. The quantitative estimate of drug-likeness (QED) is 0.875. The number of benzene rings is 1. The highest BCUT2D eigenvalue weighted by Gasteiger charge is 2.06. The number of aromatic nitrogens is 3. The van der Waals surface area contributed by atoms with Crippen molar-refractivity contribution < 1.29 is 0 Å². The van der Waals surface area contributed by atoms with Gasteiger partial charge in [0.25, 0.3) is 0 Å². The Kier molecular flexibility index (Phi) is 4.10. The molecule has 0 atom stereocenters. The second kappa shape index (κ2) is 5.78. The first-order chi connectivity index (χ1) is 8.70. The van der Waals surface area contributed by atoms with Gasteiger partial charge in [0.1, 0.15) is 12.2 Å². The monoisotopic (exact) mass is 244 g/mol. The van der Waals surface area contributed by atoms with Crippen LogP contribution in [0.25, 0.3) is 0 Å². The van der Waals surface area contributed by atoms with Crippen molar-refractivity contribution in [1.82, 2.24) is 20.1 Å². The maximum absolute atomic E-state index is 4.30. The molecule has 2 aromatic rings. The van der Waals surface area contributed by atoms with E-state index in [0.29, 0.717) is 0 Å². The maximum atomic E-state index is 4.30. The maximum Gasteiger partial charge on any atom is 0.141 e. The van der Waals surface area contributed by atoms with Crippen LogP contribution in [0.3, 0.4) is 0 Å². The Hall–Kier alpha value is -1.68. The van der Waals surface area contributed by atoms with Crippen molar-refractivity contribution in [3.63, 3.8) is 0 Å². The SMILES string of the molecule is CCNCc1ncnn1Cc1cc(C)ccc1C. The molecular formula is C14H20N4. The van der Waals surface area contributed by atoms with Gasteiger partial charge in [-0.2, -0.15) is 5.10 Å². The van der Waals surface area contributed by atoms with E-state index in [4.69, 9.17) is 0 Å². The van der Waals surface area contributed by atoms with Gasteiger partial charge in [0.15, 0.2) is 0 Å². The molecule has 0 radical (unpaired) electrons. The summed E-state index contributed by atoms with van der Waals surface area (Å²) >= 11 is 0. The van der Waals surface area contributed by atoms with Crippen LogP contribution >= 0.6 is 0 Å². The molecule has 0 saturated carbocycles. The van der Waals surface area contributed by atoms with Gasteiger partial charge in [-0.25, -0.2) is 9.67 Å². The van der Waals surface area contributed by atoms with Gasteiger partial charge in [0.2, 0.25) is 0 Å². The fraction of sp³-hybridized carbons (Fsp3) is 0.429. The highest BCUT2D eigenvalue weighted by Crippen LogP contribution is 2.12. The summed E-state index contributed by atoms with van der Waals surface area (Å²) in [5, 5.41) is 7.58. The van der Waals surface area contributed by atoms with Gasteiger partial charge in [-0.05, 0) is 31.5 Å². The summed E-state index contributed by atoms with van der Waals surface area (Å²) in [6, 6.07) is 6.51. The van der Waals surface area contributed by atoms with Crippen LogP contribution < -0.4 is 5.32 Å². The van der Waals surface area contributed by atoms with Gasteiger partial charge in [0.05, 0.1) is 13.1 Å². The van der Waals surface area contributed by atoms with E-state index in [0.717, 1.165) is 25.5 Å². The molecule has 0 aliphatic carbocycles. The van der Waals surface area contributed by atoms with Crippen LogP contribution in [0.5, 0.6) is 0 Å². The third kappa shape index (κ3) is 2.96. The number of aryl methyl sites for hydroxylation is 2. The Bertz CT molecular complexity index is 516. The Morgan fingerprint density at radius 1 is 1.28 bits per heavy atom. The largest absolute Gasteiger partial charge is 0.310 e. The lowest BCUT2D eigenvalue weighted by molar-refractivity contribution is 0.594. The van der Waals surface area contributed by atoms with Crippen molar-refractivity contribution in [3.05, 3.63) is 47.0 Å². The van der Waals surface area contributed by atoms with Crippen molar-refractivity contribution in [2.75, 3.05) is 6.54 Å². The minimum Gasteiger partial charge on any atom is -0.310 e. The zero-order valence-electron chi connectivity index (χ0n) is 11.3. The Labute approximate surface area is 108 Å². The van der Waals surface area contributed by atoms with E-state index < -0.39 is 0 Å². The van der Waals surface area contributed by atoms with Gasteiger partial charge in [-0.3, -0.25) is 0 Å². The molecule has 4 heteroatoms. The van der Waals surface area contributed by atoms with Crippen LogP contribution in [0.2, 0.25) is 0 Å². The molecule has 1 heterocycles. The second-order valence-corrected chi connectivity index (χ2v) is 4.54. The summed E-state index contributed by atoms with van der Waals surface area (Å²) < 4.78 is 1.96. The van der Waals surface area contributed by atoms with Gasteiger partial charge in [0, 0.05) is 0 Å². The van der Waals surface area contributed by atoms with Crippen molar-refractivity contribution in [2.45, 2.75) is 33.9 Å². The van der Waals surface area contributed by atoms with E-state index in [-0.39, 0.29) is 0 Å². The smallest absolute Gasteiger partial charge is 0.141 e. The Balaban J connectivity index is 2.18. The molecule has 0 saturated heterocycles. The molecule has 0 spiro atoms. The summed E-state index contributed by atoms with van der Waals surface area (Å²) in [5.41, 5.74) is 3.88. The molecule has 96 valence electrons. The highest BCUT2D eigenvalue weighted by molar-refractivity contribution is 5.30. The Morgan fingerprint density at radius 2 is 2.11 bits per heavy atom. The molecule has 4 nitrogen and oxygen atoms in total. The van der Waals surface area contributed by atoms with E-state index in [1.54, 1.807) is 6.33 Å². The minimum atomic E-state index is 0.765. The number of rotatable bonds is 5. The molecule has 0 bridgehead atoms. The third-order valence-corrected chi connectivity index (χ3v) is 3.05. The van der Waals surface area contributed by atoms with Crippen LogP contribution in [-0.4, -0.2) is 21.3 Å². The number of nitrogens with one attached hydrogen (secondary N) is 1. The van der Waals surface area contributed by atoms with Crippen molar-refractivity contribution in [3.8, 4) is 0 Å². The first-order valence-electron chi connectivity index (χ1n) is 6.34. The van der Waals surface area contributed by atoms with Gasteiger partial charge < -0.3 is 5.32 Å². The molecule has 2 rings (SSSR count). The number of nitrogens with zero attached hydrogens (tertiary/aromatic N) is 3. The van der Waals surface area contributed by atoms with Gasteiger partial charge >= 0.3 is 0 Å². The summed E-state index contributed by atoms with van der Waals surface area (Å²) in [6.07, 6.45) is 1.62. The second-order valence-electron chi connectivity index (χ2n) is 4.54. The average molecular weight is 244 g/mol. The molecule has 18 heavy (non-hydrogen) atoms. The molecule has 0 amide bonds. The summed E-state index contributed by atoms with van der Waals surface area (Å²) in [4.78, 5) is 4.29. The zero-order chi connectivity index (χ0) is 13.0. The molecule has 0 aliphatic heterocycles. The van der Waals surface area contributed by atoms with Gasteiger partial charge in [-0.1, -0.05) is 30.7 Å². The molecule has 1 aromatic heterocycles. The van der Waals surface area contributed by atoms with Crippen LogP contribution in [0.1, 0.15) is 29.4 Å². The number of hydrogen-bond donors (Lipinski definition) is 1. The van der Waals surface area contributed by atoms with Crippen molar-refractivity contribution in [2.24, 2.45) is 0 Å². The van der Waals surface area contributed by atoms with Crippen LogP contribution in [0.4, 0.5) is 0 Å². The Morgan fingerprint density at radius 3 is 2.89 bits per heavy atom. The minimum absolute atomic E-state index is 0.765. The van der Waals surface area contributed by atoms with E-state index >= 15 is 0 Å². The molecule has 0 aliphatic rings. The molecular weight excluding hydrogens is 224 g/mol. The normalized spacial score (nSPS) is 10.8. The van der Waals surface area contributed by atoms with Crippen molar-refractivity contribution >= 4 is 0 Å². The molecule has 1 N–H and O–H groups in total. The first kappa shape index (κ1) is 12.8. The summed E-state index contributed by atoms with van der Waals surface area (Å²) in [6.45, 7) is 8.83. The number of hydrogen-bond acceptors (Lipinski definition) is 3. The lowest BCUT2D eigenvalue weighted by atomic mass is 10.1. The standard InChI is InChI=1S/C14H20N4/c1-4-15-8-14-16-10-17-18(14)9-13-7-11(2)5-6-12(13)3/h5-7,10,15H,4,8-9H2,1-3H3. The van der Waals surface area contributed by atoms with Crippen LogP contribution in [0, 0.1) is 13.8 Å². The van der Waals surface area contributed by atoms with Crippen LogP contribution in [0.15, 0.2) is 24.5 Å². The zero-order valence-corrected chi connectivity index (χ0v) is 11.3. The molecule has 0 unspecified atom stereocenters. The fourth-order valence-corrected chi connectivity index (χ4v) is 1.93. The third-order valence-electron chi connectivity index (χ3n) is 3.05. The highest BCUT2D eigenvalue weighted by atomic mass is 15.3. The predicted octanol–water partition coefficient (Wildman–Crippen LogP) is 2.05. The average Bonchev–Trinajstić information content (AvgIpc) is 2.79. The lowest BCUT2D eigenvalue weighted by Gasteiger charge is -2.09. The van der Waals surface area contributed by atoms with Crippen LogP contribution in [-0.2, 0) is 13.1 Å².